The van der Waals surface area contributed by atoms with E-state index in [1.165, 1.54) is 0 Å². The predicted octanol–water partition coefficient (Wildman–Crippen LogP) is 0.307. The molecule has 1 saturated heterocycles. The van der Waals surface area contributed by atoms with Gasteiger partial charge in [-0.25, -0.2) is 14.4 Å². The lowest BCUT2D eigenvalue weighted by atomic mass is 10.1. The summed E-state index contributed by atoms with van der Waals surface area (Å²) in [6.45, 7) is 0.930. The Morgan fingerprint density at radius 1 is 0.645 bits per heavy atom. The van der Waals surface area contributed by atoms with Gasteiger partial charge in [-0.05, 0) is 5.56 Å². The van der Waals surface area contributed by atoms with Gasteiger partial charge in [-0.3, -0.25) is 0 Å². The highest BCUT2D eigenvalue weighted by Crippen LogP contribution is 2.09. The number of esters is 3. The summed E-state index contributed by atoms with van der Waals surface area (Å²) >= 11 is 0. The lowest BCUT2D eigenvalue weighted by molar-refractivity contribution is -0.172. The van der Waals surface area contributed by atoms with Crippen LogP contribution in [0.3, 0.4) is 0 Å². The molecule has 0 N–H and O–H groups in total. The van der Waals surface area contributed by atoms with E-state index in [1.807, 2.05) is 18.2 Å². The normalized spacial score (nSPS) is 21.8. The number of cyclic esters (lactones) is 3. The summed E-state index contributed by atoms with van der Waals surface area (Å²) < 4.78 is 36.2. The molecule has 1 aromatic carbocycles. The minimum Gasteiger partial charge on any atom is -0.462 e. The molecular formula is C21H28O10. The van der Waals surface area contributed by atoms with Crippen molar-refractivity contribution >= 4 is 17.9 Å². The van der Waals surface area contributed by atoms with E-state index in [1.54, 1.807) is 12.1 Å². The van der Waals surface area contributed by atoms with Gasteiger partial charge in [-0.2, -0.15) is 0 Å². The molecule has 10 heteroatoms. The zero-order chi connectivity index (χ0) is 22.2. The minimum absolute atomic E-state index is 0.00707. The van der Waals surface area contributed by atoms with Gasteiger partial charge in [0.1, 0.15) is 26.4 Å². The highest BCUT2D eigenvalue weighted by atomic mass is 16.6. The fourth-order valence-electron chi connectivity index (χ4n) is 2.50. The van der Waals surface area contributed by atoms with Gasteiger partial charge < -0.3 is 33.2 Å². The zero-order valence-corrected chi connectivity index (χ0v) is 17.3. The van der Waals surface area contributed by atoms with Crippen LogP contribution in [0.1, 0.15) is 5.56 Å². The zero-order valence-electron chi connectivity index (χ0n) is 17.3. The van der Waals surface area contributed by atoms with E-state index in [0.29, 0.717) is 26.4 Å². The first kappa shape index (κ1) is 24.7. The van der Waals surface area contributed by atoms with Gasteiger partial charge in [0.25, 0.3) is 0 Å². The Kier molecular flexibility index (Phi) is 12.2. The second-order valence-corrected chi connectivity index (χ2v) is 6.39. The van der Waals surface area contributed by atoms with E-state index in [0.717, 1.165) is 5.56 Å². The van der Waals surface area contributed by atoms with Crippen LogP contribution in [-0.4, -0.2) is 90.1 Å². The number of hydrogen-bond acceptors (Lipinski definition) is 10. The summed E-state index contributed by atoms with van der Waals surface area (Å²) in [5.41, 5.74) is 0.794. The van der Waals surface area contributed by atoms with Crippen molar-refractivity contribution in [3.8, 4) is 0 Å². The van der Waals surface area contributed by atoms with Gasteiger partial charge in [0.15, 0.2) is 0 Å². The first-order chi connectivity index (χ1) is 15.1. The fraction of sp³-hybridized carbons (Fsp3) is 0.571. The molecule has 10 nitrogen and oxygen atoms in total. The predicted molar refractivity (Wildman–Crippen MR) is 105 cm³/mol. The smallest absolute Gasteiger partial charge is 0.347 e. The van der Waals surface area contributed by atoms with Crippen LogP contribution >= 0.6 is 0 Å². The molecule has 1 atom stereocenters. The maximum atomic E-state index is 12.4. The molecule has 1 aliphatic rings. The molecule has 0 bridgehead atoms. The van der Waals surface area contributed by atoms with Crippen molar-refractivity contribution in [2.45, 2.75) is 12.5 Å². The molecular weight excluding hydrogens is 412 g/mol. The van der Waals surface area contributed by atoms with E-state index in [2.05, 4.69) is 0 Å². The van der Waals surface area contributed by atoms with E-state index in [-0.39, 0.29) is 32.8 Å². The highest BCUT2D eigenvalue weighted by molar-refractivity contribution is 5.80. The summed E-state index contributed by atoms with van der Waals surface area (Å²) in [5, 5.41) is 0. The molecule has 1 unspecified atom stereocenters. The molecule has 0 aliphatic carbocycles. The van der Waals surface area contributed by atoms with Crippen LogP contribution in [0.2, 0.25) is 0 Å². The minimum atomic E-state index is -1.15. The van der Waals surface area contributed by atoms with Crippen LogP contribution in [0.5, 0.6) is 0 Å². The quantitative estimate of drug-likeness (QED) is 0.470. The van der Waals surface area contributed by atoms with Crippen LogP contribution in [-0.2, 0) is 54.0 Å². The SMILES string of the molecule is O=C1COCC(=O)OC(Cc2ccccc2)C(=O)OCCOCCOCCOCCO1. The van der Waals surface area contributed by atoms with Gasteiger partial charge in [0, 0.05) is 6.42 Å². The molecule has 1 heterocycles. The number of ether oxygens (including phenoxy) is 7. The molecule has 1 fully saturated rings. The third-order valence-corrected chi connectivity index (χ3v) is 3.95. The summed E-state index contributed by atoms with van der Waals surface area (Å²) in [5.74, 6) is -2.14. The Balaban J connectivity index is 1.90. The van der Waals surface area contributed by atoms with Gasteiger partial charge in [0.2, 0.25) is 6.10 Å². The lowest BCUT2D eigenvalue weighted by Gasteiger charge is -2.17. The number of carbonyl (C=O) groups excluding carboxylic acids is 3. The number of rotatable bonds is 2. The van der Waals surface area contributed by atoms with Crippen molar-refractivity contribution in [3.63, 3.8) is 0 Å². The summed E-state index contributed by atoms with van der Waals surface area (Å²) in [4.78, 5) is 36.1. The lowest BCUT2D eigenvalue weighted by Crippen LogP contribution is -2.33. The summed E-state index contributed by atoms with van der Waals surface area (Å²) in [7, 11) is 0. The van der Waals surface area contributed by atoms with Crippen molar-refractivity contribution in [3.05, 3.63) is 35.9 Å². The Labute approximate surface area is 180 Å². The third-order valence-electron chi connectivity index (χ3n) is 3.95. The summed E-state index contributed by atoms with van der Waals surface area (Å²) in [6.07, 6.45) is -1.01. The molecule has 0 aromatic heterocycles. The van der Waals surface area contributed by atoms with Gasteiger partial charge in [-0.15, -0.1) is 0 Å². The molecule has 0 saturated carbocycles. The average molecular weight is 440 g/mol. The molecule has 0 radical (unpaired) electrons. The van der Waals surface area contributed by atoms with Crippen molar-refractivity contribution < 1.29 is 47.5 Å². The standard InChI is InChI=1S/C21H28O10/c22-19-15-28-16-20(23)31-18(14-17-4-2-1-3-5-17)21(24)30-13-11-27-9-7-25-6-8-26-10-12-29-19/h1-5,18H,6-16H2. The number of benzene rings is 1. The van der Waals surface area contributed by atoms with Crippen LogP contribution in [0.15, 0.2) is 30.3 Å². The first-order valence-electron chi connectivity index (χ1n) is 10.0. The molecule has 1 aliphatic heterocycles. The highest BCUT2D eigenvalue weighted by Gasteiger charge is 2.25. The average Bonchev–Trinajstić information content (AvgIpc) is 2.76. The fourth-order valence-corrected chi connectivity index (χ4v) is 2.50. The Morgan fingerprint density at radius 3 is 1.84 bits per heavy atom. The third kappa shape index (κ3) is 11.4. The first-order valence-corrected chi connectivity index (χ1v) is 10.0. The molecule has 31 heavy (non-hydrogen) atoms. The summed E-state index contributed by atoms with van der Waals surface area (Å²) in [6, 6.07) is 9.07. The van der Waals surface area contributed by atoms with Crippen molar-refractivity contribution in [2.24, 2.45) is 0 Å². The Morgan fingerprint density at radius 2 is 1.19 bits per heavy atom. The van der Waals surface area contributed by atoms with Gasteiger partial charge in [-0.1, -0.05) is 30.3 Å². The second kappa shape index (κ2) is 15.3. The van der Waals surface area contributed by atoms with Crippen LogP contribution < -0.4 is 0 Å². The second-order valence-electron chi connectivity index (χ2n) is 6.39. The number of hydrogen-bond donors (Lipinski definition) is 0. The Bertz CT molecular complexity index is 663. The van der Waals surface area contributed by atoms with Crippen molar-refractivity contribution in [2.75, 3.05) is 66.1 Å². The van der Waals surface area contributed by atoms with E-state index in [4.69, 9.17) is 33.2 Å². The van der Waals surface area contributed by atoms with Crippen molar-refractivity contribution in [1.29, 1.82) is 0 Å². The number of carbonyl (C=O) groups is 3. The van der Waals surface area contributed by atoms with Crippen molar-refractivity contribution in [1.82, 2.24) is 0 Å². The van der Waals surface area contributed by atoms with Gasteiger partial charge >= 0.3 is 17.9 Å². The van der Waals surface area contributed by atoms with E-state index >= 15 is 0 Å². The molecule has 172 valence electrons. The monoisotopic (exact) mass is 440 g/mol. The van der Waals surface area contributed by atoms with Crippen LogP contribution in [0.4, 0.5) is 0 Å². The maximum absolute atomic E-state index is 12.4. The maximum Gasteiger partial charge on any atom is 0.347 e. The largest absolute Gasteiger partial charge is 0.462 e. The topological polar surface area (TPSA) is 116 Å². The van der Waals surface area contributed by atoms with E-state index in [9.17, 15) is 14.4 Å². The molecule has 0 amide bonds. The molecule has 2 rings (SSSR count). The molecule has 1 aromatic rings. The van der Waals surface area contributed by atoms with Crippen LogP contribution in [0, 0.1) is 0 Å². The Hall–Kier alpha value is -2.53. The van der Waals surface area contributed by atoms with Gasteiger partial charge in [0.05, 0.1) is 39.6 Å². The van der Waals surface area contributed by atoms with Crippen LogP contribution in [0.25, 0.3) is 0 Å². The van der Waals surface area contributed by atoms with E-state index < -0.39 is 37.2 Å². The molecule has 0 spiro atoms.